The van der Waals surface area contributed by atoms with Gasteiger partial charge in [-0.2, -0.15) is 0 Å². The average Bonchev–Trinajstić information content (AvgIpc) is 2.84. The Morgan fingerprint density at radius 1 is 0.886 bits per heavy atom. The molecule has 1 aliphatic heterocycles. The van der Waals surface area contributed by atoms with Crippen LogP contribution in [0.5, 0.6) is 11.5 Å². The topological polar surface area (TPSA) is 84.9 Å². The zero-order valence-corrected chi connectivity index (χ0v) is 20.4. The molecule has 0 spiro atoms. The fraction of sp³-hybridized carbons (Fsp3) is 0.0800. The van der Waals surface area contributed by atoms with Crippen molar-refractivity contribution in [1.82, 2.24) is 5.32 Å². The van der Waals surface area contributed by atoms with Crippen molar-refractivity contribution in [1.29, 1.82) is 0 Å². The first-order chi connectivity index (χ1) is 16.8. The van der Waals surface area contributed by atoms with Crippen LogP contribution in [0.4, 0.5) is 10.5 Å². The summed E-state index contributed by atoms with van der Waals surface area (Å²) in [6, 6.07) is 15.5. The van der Waals surface area contributed by atoms with Crippen LogP contribution in [0.15, 0.2) is 66.2 Å². The number of nitrogens with zero attached hydrogens (tertiary/aromatic N) is 1. The summed E-state index contributed by atoms with van der Waals surface area (Å²) in [6.45, 7) is 0.212. The van der Waals surface area contributed by atoms with E-state index in [0.29, 0.717) is 27.1 Å². The Hall–Kier alpha value is -3.52. The summed E-state index contributed by atoms with van der Waals surface area (Å²) in [7, 11) is 1.47. The van der Waals surface area contributed by atoms with E-state index in [4.69, 9.17) is 44.3 Å². The van der Waals surface area contributed by atoms with Crippen LogP contribution < -0.4 is 19.7 Å². The second-order valence-corrected chi connectivity index (χ2v) is 8.58. The molecule has 1 saturated heterocycles. The Bertz CT molecular complexity index is 1370. The van der Waals surface area contributed by atoms with Crippen molar-refractivity contribution < 1.29 is 23.9 Å². The third kappa shape index (κ3) is 5.27. The highest BCUT2D eigenvalue weighted by Crippen LogP contribution is 2.32. The molecule has 35 heavy (non-hydrogen) atoms. The lowest BCUT2D eigenvalue weighted by Crippen LogP contribution is -2.54. The number of ether oxygens (including phenoxy) is 2. The van der Waals surface area contributed by atoms with Crippen LogP contribution in [0.2, 0.25) is 15.1 Å². The molecule has 0 aliphatic carbocycles. The summed E-state index contributed by atoms with van der Waals surface area (Å²) in [4.78, 5) is 38.7. The first kappa shape index (κ1) is 24.6. The van der Waals surface area contributed by atoms with E-state index < -0.39 is 17.8 Å². The summed E-state index contributed by atoms with van der Waals surface area (Å²) in [5.41, 5.74) is 1.21. The number of hydrogen-bond donors (Lipinski definition) is 1. The normalized spacial score (nSPS) is 14.8. The van der Waals surface area contributed by atoms with E-state index in [1.54, 1.807) is 54.6 Å². The molecule has 7 nitrogen and oxygen atoms in total. The van der Waals surface area contributed by atoms with Gasteiger partial charge in [0.25, 0.3) is 11.8 Å². The number of halogens is 3. The third-order valence-corrected chi connectivity index (χ3v) is 6.13. The van der Waals surface area contributed by atoms with E-state index in [1.807, 2.05) is 0 Å². The Balaban J connectivity index is 1.59. The summed E-state index contributed by atoms with van der Waals surface area (Å²) in [5.74, 6) is -0.803. The van der Waals surface area contributed by atoms with Crippen LogP contribution in [-0.2, 0) is 16.2 Å². The first-order valence-electron chi connectivity index (χ1n) is 10.2. The molecule has 3 aromatic carbocycles. The van der Waals surface area contributed by atoms with E-state index in [0.717, 1.165) is 10.5 Å². The van der Waals surface area contributed by atoms with Crippen LogP contribution >= 0.6 is 34.8 Å². The van der Waals surface area contributed by atoms with Gasteiger partial charge in [0.2, 0.25) is 0 Å². The quantitative estimate of drug-likeness (QED) is 0.316. The molecule has 4 amide bonds. The fourth-order valence-electron chi connectivity index (χ4n) is 3.36. The average molecular weight is 532 g/mol. The van der Waals surface area contributed by atoms with Gasteiger partial charge in [0.15, 0.2) is 11.5 Å². The number of amides is 4. The molecule has 1 heterocycles. The van der Waals surface area contributed by atoms with Crippen LogP contribution in [-0.4, -0.2) is 25.0 Å². The molecule has 0 radical (unpaired) electrons. The van der Waals surface area contributed by atoms with Crippen LogP contribution in [0.25, 0.3) is 6.08 Å². The standard InChI is InChI=1S/C25H17Cl3N2O5/c1-34-22-12-14(7-9-21(22)35-13-15-6-8-17(26)19(28)11-15)10-16-23(31)29-25(33)30(24(16)32)20-5-3-2-4-18(20)27/h2-12H,13H2,1H3,(H,29,31,33)/b16-10+. The zero-order chi connectivity index (χ0) is 25.1. The number of hydrogen-bond acceptors (Lipinski definition) is 5. The summed E-state index contributed by atoms with van der Waals surface area (Å²) in [6.07, 6.45) is 1.36. The predicted octanol–water partition coefficient (Wildman–Crippen LogP) is 5.90. The van der Waals surface area contributed by atoms with E-state index in [1.165, 1.54) is 19.3 Å². The van der Waals surface area contributed by atoms with Gasteiger partial charge in [-0.25, -0.2) is 9.69 Å². The van der Waals surface area contributed by atoms with Gasteiger partial charge in [0.05, 0.1) is 27.9 Å². The maximum atomic E-state index is 13.1. The maximum absolute atomic E-state index is 13.1. The van der Waals surface area contributed by atoms with Gasteiger partial charge in [-0.05, 0) is 53.6 Å². The Morgan fingerprint density at radius 3 is 2.37 bits per heavy atom. The van der Waals surface area contributed by atoms with Gasteiger partial charge >= 0.3 is 6.03 Å². The van der Waals surface area contributed by atoms with Crippen molar-refractivity contribution >= 4 is 64.4 Å². The van der Waals surface area contributed by atoms with E-state index >= 15 is 0 Å². The van der Waals surface area contributed by atoms with E-state index in [9.17, 15) is 14.4 Å². The summed E-state index contributed by atoms with van der Waals surface area (Å²) in [5, 5.41) is 3.22. The lowest BCUT2D eigenvalue weighted by Gasteiger charge is -2.27. The first-order valence-corrected chi connectivity index (χ1v) is 11.3. The summed E-state index contributed by atoms with van der Waals surface area (Å²) < 4.78 is 11.3. The number of para-hydroxylation sites is 1. The molecule has 1 aliphatic rings. The second-order valence-electron chi connectivity index (χ2n) is 7.36. The fourth-order valence-corrected chi connectivity index (χ4v) is 3.90. The smallest absolute Gasteiger partial charge is 0.335 e. The van der Waals surface area contributed by atoms with E-state index in [-0.39, 0.29) is 22.9 Å². The largest absolute Gasteiger partial charge is 0.493 e. The third-order valence-electron chi connectivity index (χ3n) is 5.07. The predicted molar refractivity (Wildman–Crippen MR) is 134 cm³/mol. The number of rotatable bonds is 6. The second kappa shape index (κ2) is 10.4. The molecule has 0 unspecified atom stereocenters. The molecule has 3 aromatic rings. The Kier molecular flexibility index (Phi) is 7.31. The molecular weight excluding hydrogens is 515 g/mol. The molecule has 1 N–H and O–H groups in total. The van der Waals surface area contributed by atoms with Gasteiger partial charge in [-0.1, -0.05) is 59.1 Å². The van der Waals surface area contributed by atoms with Crippen molar-refractivity contribution in [2.45, 2.75) is 6.61 Å². The van der Waals surface area contributed by atoms with Gasteiger partial charge in [-0.15, -0.1) is 0 Å². The van der Waals surface area contributed by atoms with Gasteiger partial charge in [0.1, 0.15) is 12.2 Å². The van der Waals surface area contributed by atoms with Crippen molar-refractivity contribution in [3.05, 3.63) is 92.4 Å². The maximum Gasteiger partial charge on any atom is 0.335 e. The minimum atomic E-state index is -0.881. The number of carbonyl (C=O) groups excluding carboxylic acids is 3. The number of methoxy groups -OCH3 is 1. The highest BCUT2D eigenvalue weighted by atomic mass is 35.5. The molecule has 0 bridgehead atoms. The zero-order valence-electron chi connectivity index (χ0n) is 18.2. The highest BCUT2D eigenvalue weighted by Gasteiger charge is 2.37. The van der Waals surface area contributed by atoms with Crippen LogP contribution in [0, 0.1) is 0 Å². The molecular formula is C25H17Cl3N2O5. The minimum absolute atomic E-state index is 0.165. The van der Waals surface area contributed by atoms with E-state index in [2.05, 4.69) is 5.32 Å². The minimum Gasteiger partial charge on any atom is -0.493 e. The molecule has 178 valence electrons. The molecule has 10 heteroatoms. The lowest BCUT2D eigenvalue weighted by atomic mass is 10.1. The van der Waals surface area contributed by atoms with Crippen molar-refractivity contribution in [2.75, 3.05) is 12.0 Å². The van der Waals surface area contributed by atoms with Gasteiger partial charge < -0.3 is 9.47 Å². The molecule has 4 rings (SSSR count). The monoisotopic (exact) mass is 530 g/mol. The van der Waals surface area contributed by atoms with Crippen molar-refractivity contribution in [3.63, 3.8) is 0 Å². The number of carbonyl (C=O) groups is 3. The summed E-state index contributed by atoms with van der Waals surface area (Å²) >= 11 is 18.1. The van der Waals surface area contributed by atoms with Gasteiger partial charge in [0, 0.05) is 0 Å². The van der Waals surface area contributed by atoms with Gasteiger partial charge in [-0.3, -0.25) is 14.9 Å². The molecule has 0 saturated carbocycles. The lowest BCUT2D eigenvalue weighted by molar-refractivity contribution is -0.122. The number of anilines is 1. The Morgan fingerprint density at radius 2 is 1.66 bits per heavy atom. The van der Waals surface area contributed by atoms with Crippen molar-refractivity contribution in [3.8, 4) is 11.5 Å². The molecule has 0 atom stereocenters. The van der Waals surface area contributed by atoms with Crippen LogP contribution in [0.1, 0.15) is 11.1 Å². The Labute approximate surface area is 215 Å². The number of imide groups is 2. The number of nitrogens with one attached hydrogen (secondary N) is 1. The van der Waals surface area contributed by atoms with Crippen LogP contribution in [0.3, 0.4) is 0 Å². The molecule has 0 aromatic heterocycles. The molecule has 1 fully saturated rings. The highest BCUT2D eigenvalue weighted by molar-refractivity contribution is 6.42. The SMILES string of the molecule is COc1cc(/C=C2\C(=O)NC(=O)N(c3ccccc3Cl)C2=O)ccc1OCc1ccc(Cl)c(Cl)c1. The number of urea groups is 1. The number of barbiturate groups is 1. The van der Waals surface area contributed by atoms with Crippen molar-refractivity contribution in [2.24, 2.45) is 0 Å². The number of benzene rings is 3.